The largest absolute Gasteiger partial charge is 0.353 e. The van der Waals surface area contributed by atoms with Gasteiger partial charge in [0.05, 0.1) is 5.52 Å². The molecule has 0 atom stereocenters. The quantitative estimate of drug-likeness (QED) is 0.494. The van der Waals surface area contributed by atoms with Gasteiger partial charge in [-0.05, 0) is 42.7 Å². The molecule has 0 unspecified atom stereocenters. The molecule has 0 N–H and O–H groups in total. The van der Waals surface area contributed by atoms with E-state index in [2.05, 4.69) is 49.1 Å². The van der Waals surface area contributed by atoms with Crippen molar-refractivity contribution in [1.82, 2.24) is 9.88 Å². The van der Waals surface area contributed by atoms with Gasteiger partial charge in [0, 0.05) is 31.6 Å². The van der Waals surface area contributed by atoms with Gasteiger partial charge in [-0.15, -0.1) is 0 Å². The van der Waals surface area contributed by atoms with Crippen LogP contribution in [0.2, 0.25) is 0 Å². The lowest BCUT2D eigenvalue weighted by Crippen LogP contribution is -2.49. The molecule has 0 bridgehead atoms. The number of hydrogen-bond donors (Lipinski definition) is 0. The predicted molar refractivity (Wildman–Crippen MR) is 120 cm³/mol. The van der Waals surface area contributed by atoms with Gasteiger partial charge in [-0.1, -0.05) is 48.5 Å². The fourth-order valence-corrected chi connectivity index (χ4v) is 3.87. The van der Waals surface area contributed by atoms with Crippen molar-refractivity contribution in [1.29, 1.82) is 5.26 Å². The summed E-state index contributed by atoms with van der Waals surface area (Å²) in [4.78, 5) is 21.7. The minimum Gasteiger partial charge on any atom is -0.353 e. The normalized spacial score (nSPS) is 14.6. The first-order chi connectivity index (χ1) is 14.6. The van der Waals surface area contributed by atoms with Crippen LogP contribution in [0.4, 0.5) is 5.82 Å². The molecule has 1 saturated heterocycles. The van der Waals surface area contributed by atoms with Crippen LogP contribution in [-0.4, -0.2) is 42.0 Å². The first kappa shape index (κ1) is 19.7. The maximum atomic E-state index is 12.9. The van der Waals surface area contributed by atoms with E-state index in [4.69, 9.17) is 4.98 Å². The Morgan fingerprint density at radius 1 is 1.00 bits per heavy atom. The van der Waals surface area contributed by atoms with Crippen molar-refractivity contribution in [2.75, 3.05) is 31.1 Å². The lowest BCUT2D eigenvalue weighted by atomic mass is 10.1. The van der Waals surface area contributed by atoms with Crippen molar-refractivity contribution in [3.63, 3.8) is 0 Å². The summed E-state index contributed by atoms with van der Waals surface area (Å²) in [5, 5.41) is 10.7. The van der Waals surface area contributed by atoms with E-state index in [-0.39, 0.29) is 11.5 Å². The Balaban J connectivity index is 1.49. The van der Waals surface area contributed by atoms with Crippen molar-refractivity contribution >= 4 is 28.7 Å². The molecule has 3 aromatic rings. The highest BCUT2D eigenvalue weighted by Gasteiger charge is 2.24. The number of hydrogen-bond acceptors (Lipinski definition) is 4. The van der Waals surface area contributed by atoms with Crippen LogP contribution < -0.4 is 4.90 Å². The number of rotatable bonds is 3. The summed E-state index contributed by atoms with van der Waals surface area (Å²) in [6.07, 6.45) is 1.66. The standard InChI is InChI=1S/C25H24N4O/c1-18-7-6-10-22-19(2)15-23(27-24(18)22)28-11-13-29(14-12-28)25(30)21(17-26)16-20-8-4-3-5-9-20/h3-10,15-16H,11-14H2,1-2H3/b21-16+. The fourth-order valence-electron chi connectivity index (χ4n) is 3.87. The Morgan fingerprint density at radius 2 is 1.73 bits per heavy atom. The molecule has 2 aromatic carbocycles. The molecule has 1 fully saturated rings. The Kier molecular flexibility index (Phi) is 5.49. The van der Waals surface area contributed by atoms with E-state index in [1.54, 1.807) is 11.0 Å². The molecule has 1 aromatic heterocycles. The minimum absolute atomic E-state index is 0.171. The Hall–Kier alpha value is -3.65. The minimum atomic E-state index is -0.209. The van der Waals surface area contributed by atoms with Gasteiger partial charge < -0.3 is 9.80 Å². The predicted octanol–water partition coefficient (Wildman–Crippen LogP) is 4.11. The van der Waals surface area contributed by atoms with Crippen LogP contribution in [-0.2, 0) is 4.79 Å². The monoisotopic (exact) mass is 396 g/mol. The highest BCUT2D eigenvalue weighted by atomic mass is 16.2. The molecule has 1 aliphatic heterocycles. The SMILES string of the molecule is Cc1cc(N2CCN(C(=O)/C(C#N)=C/c3ccccc3)CC2)nc2c(C)cccc12. The van der Waals surface area contributed by atoms with Crippen molar-refractivity contribution in [2.45, 2.75) is 13.8 Å². The van der Waals surface area contributed by atoms with Crippen LogP contribution in [0.25, 0.3) is 17.0 Å². The summed E-state index contributed by atoms with van der Waals surface area (Å²) < 4.78 is 0. The first-order valence-electron chi connectivity index (χ1n) is 10.1. The first-order valence-corrected chi connectivity index (χ1v) is 10.1. The molecular formula is C25H24N4O. The van der Waals surface area contributed by atoms with Gasteiger partial charge in [0.25, 0.3) is 5.91 Å². The third-order valence-corrected chi connectivity index (χ3v) is 5.59. The van der Waals surface area contributed by atoms with Gasteiger partial charge in [-0.2, -0.15) is 5.26 Å². The maximum absolute atomic E-state index is 12.9. The van der Waals surface area contributed by atoms with Crippen LogP contribution in [0.15, 0.2) is 60.2 Å². The smallest absolute Gasteiger partial charge is 0.264 e. The van der Waals surface area contributed by atoms with E-state index < -0.39 is 0 Å². The molecule has 0 saturated carbocycles. The maximum Gasteiger partial charge on any atom is 0.264 e. The van der Waals surface area contributed by atoms with Gasteiger partial charge in [0.15, 0.2) is 0 Å². The molecule has 1 aliphatic rings. The van der Waals surface area contributed by atoms with E-state index in [1.807, 2.05) is 30.3 Å². The summed E-state index contributed by atoms with van der Waals surface area (Å²) in [6.45, 7) is 6.72. The number of para-hydroxylation sites is 1. The molecule has 4 rings (SSSR count). The highest BCUT2D eigenvalue weighted by molar-refractivity contribution is 6.01. The molecule has 150 valence electrons. The van der Waals surface area contributed by atoms with Crippen LogP contribution in [0.1, 0.15) is 16.7 Å². The number of aryl methyl sites for hydroxylation is 2. The molecule has 2 heterocycles. The number of nitriles is 1. The van der Waals surface area contributed by atoms with Gasteiger partial charge in [0.1, 0.15) is 17.5 Å². The average Bonchev–Trinajstić information content (AvgIpc) is 2.78. The number of anilines is 1. The average molecular weight is 396 g/mol. The zero-order valence-corrected chi connectivity index (χ0v) is 17.3. The third-order valence-electron chi connectivity index (χ3n) is 5.59. The fraction of sp³-hybridized carbons (Fsp3) is 0.240. The van der Waals surface area contributed by atoms with Crippen molar-refractivity contribution in [2.24, 2.45) is 0 Å². The van der Waals surface area contributed by atoms with Crippen LogP contribution in [0.3, 0.4) is 0 Å². The second-order valence-electron chi connectivity index (χ2n) is 7.63. The highest BCUT2D eigenvalue weighted by Crippen LogP contribution is 2.25. The van der Waals surface area contributed by atoms with E-state index in [9.17, 15) is 10.1 Å². The Morgan fingerprint density at radius 3 is 2.43 bits per heavy atom. The van der Waals surface area contributed by atoms with E-state index in [0.717, 1.165) is 22.5 Å². The lowest BCUT2D eigenvalue weighted by molar-refractivity contribution is -0.126. The van der Waals surface area contributed by atoms with Gasteiger partial charge in [0.2, 0.25) is 0 Å². The lowest BCUT2D eigenvalue weighted by Gasteiger charge is -2.35. The summed E-state index contributed by atoms with van der Waals surface area (Å²) in [5.41, 5.74) is 4.42. The molecule has 0 aliphatic carbocycles. The van der Waals surface area contributed by atoms with E-state index >= 15 is 0 Å². The van der Waals surface area contributed by atoms with Crippen LogP contribution in [0.5, 0.6) is 0 Å². The second kappa shape index (κ2) is 8.38. The molecule has 30 heavy (non-hydrogen) atoms. The Labute approximate surface area is 176 Å². The summed E-state index contributed by atoms with van der Waals surface area (Å²) in [5.74, 6) is 0.737. The number of carbonyl (C=O) groups excluding carboxylic acids is 1. The molecule has 1 amide bonds. The van der Waals surface area contributed by atoms with Gasteiger partial charge >= 0.3 is 0 Å². The number of nitrogens with zero attached hydrogens (tertiary/aromatic N) is 4. The van der Waals surface area contributed by atoms with Crippen molar-refractivity contribution < 1.29 is 4.79 Å². The summed E-state index contributed by atoms with van der Waals surface area (Å²) in [7, 11) is 0. The zero-order valence-electron chi connectivity index (χ0n) is 17.3. The number of pyridine rings is 1. The number of amides is 1. The number of aromatic nitrogens is 1. The Bertz CT molecular complexity index is 1150. The van der Waals surface area contributed by atoms with Crippen molar-refractivity contribution in [3.05, 3.63) is 76.9 Å². The van der Waals surface area contributed by atoms with E-state index in [0.29, 0.717) is 26.2 Å². The van der Waals surface area contributed by atoms with Crippen molar-refractivity contribution in [3.8, 4) is 6.07 Å². The molecule has 5 heteroatoms. The number of fused-ring (bicyclic) bond motifs is 1. The number of benzene rings is 2. The van der Waals surface area contributed by atoms with Gasteiger partial charge in [-0.3, -0.25) is 4.79 Å². The molecule has 0 radical (unpaired) electrons. The van der Waals surface area contributed by atoms with Gasteiger partial charge in [-0.25, -0.2) is 4.98 Å². The van der Waals surface area contributed by atoms with E-state index in [1.165, 1.54) is 10.9 Å². The summed E-state index contributed by atoms with van der Waals surface area (Å²) >= 11 is 0. The zero-order chi connectivity index (χ0) is 21.1. The number of piperazine rings is 1. The number of carbonyl (C=O) groups is 1. The molecule has 5 nitrogen and oxygen atoms in total. The third kappa shape index (κ3) is 3.90. The second-order valence-corrected chi connectivity index (χ2v) is 7.63. The topological polar surface area (TPSA) is 60.2 Å². The molecular weight excluding hydrogens is 372 g/mol. The molecule has 0 spiro atoms. The summed E-state index contributed by atoms with van der Waals surface area (Å²) in [6, 6.07) is 19.9. The van der Waals surface area contributed by atoms with Crippen LogP contribution >= 0.6 is 0 Å². The van der Waals surface area contributed by atoms with Crippen LogP contribution in [0, 0.1) is 25.2 Å².